The molecule has 182 valence electrons. The molecule has 2 aromatic carbocycles. The van der Waals surface area contributed by atoms with Gasteiger partial charge in [0.1, 0.15) is 23.8 Å². The van der Waals surface area contributed by atoms with E-state index in [2.05, 4.69) is 0 Å². The fourth-order valence-corrected chi connectivity index (χ4v) is 4.33. The topological polar surface area (TPSA) is 68.3 Å². The summed E-state index contributed by atoms with van der Waals surface area (Å²) in [4.78, 5) is 29.8. The number of carbonyl (C=O) groups excluding carboxylic acids is 2. The van der Waals surface area contributed by atoms with Gasteiger partial charge in [-0.25, -0.2) is 4.39 Å². The van der Waals surface area contributed by atoms with Crippen LogP contribution in [0.15, 0.2) is 48.5 Å². The molecule has 2 aliphatic heterocycles. The van der Waals surface area contributed by atoms with Crippen LogP contribution < -0.4 is 4.74 Å². The molecule has 0 unspecified atom stereocenters. The van der Waals surface area contributed by atoms with Crippen LogP contribution in [0.25, 0.3) is 0 Å². The number of nitrogens with zero attached hydrogens (tertiary/aromatic N) is 2. The van der Waals surface area contributed by atoms with Crippen molar-refractivity contribution < 1.29 is 28.2 Å². The van der Waals surface area contributed by atoms with Crippen LogP contribution >= 0.6 is 0 Å². The molecule has 0 aliphatic carbocycles. The van der Waals surface area contributed by atoms with Crippen LogP contribution in [0.2, 0.25) is 0 Å². The lowest BCUT2D eigenvalue weighted by Crippen LogP contribution is -2.59. The predicted molar refractivity (Wildman–Crippen MR) is 124 cm³/mol. The Hall–Kier alpha value is -2.97. The highest BCUT2D eigenvalue weighted by Crippen LogP contribution is 2.26. The van der Waals surface area contributed by atoms with Gasteiger partial charge < -0.3 is 24.0 Å². The van der Waals surface area contributed by atoms with Crippen LogP contribution in [-0.4, -0.2) is 79.8 Å². The molecule has 0 N–H and O–H groups in total. The molecule has 7 nitrogen and oxygen atoms in total. The van der Waals surface area contributed by atoms with Crippen molar-refractivity contribution in [1.82, 2.24) is 9.80 Å². The van der Waals surface area contributed by atoms with E-state index < -0.39 is 5.60 Å². The number of ether oxygens (including phenoxy) is 3. The first kappa shape index (κ1) is 24.2. The molecule has 2 fully saturated rings. The Morgan fingerprint density at radius 2 is 1.68 bits per heavy atom. The van der Waals surface area contributed by atoms with Crippen molar-refractivity contribution in [2.75, 3.05) is 52.6 Å². The molecule has 2 heterocycles. The summed E-state index contributed by atoms with van der Waals surface area (Å²) in [6, 6.07) is 13.5. The normalized spacial score (nSPS) is 20.8. The molecule has 0 spiro atoms. The number of halogens is 1. The van der Waals surface area contributed by atoms with E-state index in [1.165, 1.54) is 24.3 Å². The molecular weight excluding hydrogens is 439 g/mol. The highest BCUT2D eigenvalue weighted by molar-refractivity contribution is 5.80. The molecular formula is C26H31FN2O5. The number of rotatable bonds is 7. The number of hydrogen-bond donors (Lipinski definition) is 0. The summed E-state index contributed by atoms with van der Waals surface area (Å²) < 4.78 is 30.7. The Bertz CT molecular complexity index is 993. The molecule has 8 heteroatoms. The van der Waals surface area contributed by atoms with Crippen molar-refractivity contribution in [3.8, 4) is 5.75 Å². The quantitative estimate of drug-likeness (QED) is 0.622. The number of carbonyl (C=O) groups is 2. The Balaban J connectivity index is 1.49. The second-order valence-corrected chi connectivity index (χ2v) is 8.86. The van der Waals surface area contributed by atoms with Crippen molar-refractivity contribution in [2.45, 2.75) is 25.4 Å². The van der Waals surface area contributed by atoms with Crippen LogP contribution in [0.4, 0.5) is 4.39 Å². The molecule has 0 aromatic heterocycles. The molecule has 1 atom stereocenters. The van der Waals surface area contributed by atoms with E-state index in [4.69, 9.17) is 14.2 Å². The maximum absolute atomic E-state index is 13.3. The molecule has 2 amide bonds. The molecule has 0 bridgehead atoms. The fourth-order valence-electron chi connectivity index (χ4n) is 4.33. The third-order valence-corrected chi connectivity index (χ3v) is 6.36. The van der Waals surface area contributed by atoms with Crippen LogP contribution in [-0.2, 0) is 25.5 Å². The second-order valence-electron chi connectivity index (χ2n) is 8.86. The van der Waals surface area contributed by atoms with Crippen molar-refractivity contribution in [3.05, 3.63) is 65.5 Å². The van der Waals surface area contributed by atoms with E-state index >= 15 is 0 Å². The lowest BCUT2D eigenvalue weighted by Gasteiger charge is -2.43. The molecule has 2 aliphatic rings. The molecule has 4 rings (SSSR count). The monoisotopic (exact) mass is 470 g/mol. The number of amides is 2. The fraction of sp³-hybridized carbons (Fsp3) is 0.462. The van der Waals surface area contributed by atoms with Crippen LogP contribution in [0.1, 0.15) is 17.5 Å². The smallest absolute Gasteiger partial charge is 0.227 e. The van der Waals surface area contributed by atoms with E-state index in [-0.39, 0.29) is 37.2 Å². The van der Waals surface area contributed by atoms with E-state index in [9.17, 15) is 14.0 Å². The Morgan fingerprint density at radius 1 is 0.971 bits per heavy atom. The van der Waals surface area contributed by atoms with Crippen LogP contribution in [0, 0.1) is 12.7 Å². The highest BCUT2D eigenvalue weighted by Gasteiger charge is 2.42. The Morgan fingerprint density at radius 3 is 2.41 bits per heavy atom. The van der Waals surface area contributed by atoms with Crippen LogP contribution in [0.3, 0.4) is 0 Å². The maximum Gasteiger partial charge on any atom is 0.227 e. The van der Waals surface area contributed by atoms with Gasteiger partial charge in [-0.05, 0) is 42.3 Å². The van der Waals surface area contributed by atoms with Crippen LogP contribution in [0.5, 0.6) is 5.75 Å². The van der Waals surface area contributed by atoms with Gasteiger partial charge in [-0.1, -0.05) is 24.3 Å². The summed E-state index contributed by atoms with van der Waals surface area (Å²) in [5.41, 5.74) is 1.05. The van der Waals surface area contributed by atoms with Crippen molar-refractivity contribution in [3.63, 3.8) is 0 Å². The zero-order chi connectivity index (χ0) is 24.0. The molecule has 2 saturated heterocycles. The lowest BCUT2D eigenvalue weighted by molar-refractivity contribution is -0.167. The van der Waals surface area contributed by atoms with Crippen molar-refractivity contribution in [2.24, 2.45) is 0 Å². The minimum atomic E-state index is -0.997. The maximum atomic E-state index is 13.3. The van der Waals surface area contributed by atoms with Gasteiger partial charge in [0, 0.05) is 19.6 Å². The van der Waals surface area contributed by atoms with Gasteiger partial charge in [0.05, 0.1) is 39.2 Å². The summed E-state index contributed by atoms with van der Waals surface area (Å²) in [5, 5.41) is 0. The van der Waals surface area contributed by atoms with Crippen molar-refractivity contribution in [1.29, 1.82) is 0 Å². The summed E-state index contributed by atoms with van der Waals surface area (Å²) >= 11 is 0. The van der Waals surface area contributed by atoms with Gasteiger partial charge in [0.15, 0.2) is 0 Å². The van der Waals surface area contributed by atoms with E-state index in [1.807, 2.05) is 31.2 Å². The van der Waals surface area contributed by atoms with E-state index in [0.29, 0.717) is 51.6 Å². The molecule has 0 saturated carbocycles. The van der Waals surface area contributed by atoms with Gasteiger partial charge in [-0.2, -0.15) is 0 Å². The first-order valence-electron chi connectivity index (χ1n) is 11.6. The number of benzene rings is 2. The summed E-state index contributed by atoms with van der Waals surface area (Å²) in [5.74, 6) is 0.0554. The predicted octanol–water partition coefficient (Wildman–Crippen LogP) is 2.60. The summed E-state index contributed by atoms with van der Waals surface area (Å²) in [6.45, 7) is 5.14. The van der Waals surface area contributed by atoms with E-state index in [0.717, 1.165) is 11.1 Å². The minimum Gasteiger partial charge on any atom is -0.490 e. The molecule has 34 heavy (non-hydrogen) atoms. The Kier molecular flexibility index (Phi) is 7.80. The van der Waals surface area contributed by atoms with Crippen molar-refractivity contribution >= 4 is 11.8 Å². The average Bonchev–Trinajstić information content (AvgIpc) is 2.86. The standard InChI is InChI=1S/C26H31FN2O5/c1-20-4-2-3-5-21(20)16-24(30)29-12-15-34-26(18-29,17-25(31)28-10-13-32-14-11-28)19-33-23-8-6-22(27)7-9-23/h2-9H,10-19H2,1H3/t26-/m0/s1. The minimum absolute atomic E-state index is 0.0115. The summed E-state index contributed by atoms with van der Waals surface area (Å²) in [6.07, 6.45) is 0.376. The Labute approximate surface area is 199 Å². The second kappa shape index (κ2) is 11.0. The third-order valence-electron chi connectivity index (χ3n) is 6.36. The van der Waals surface area contributed by atoms with Gasteiger partial charge in [0.2, 0.25) is 11.8 Å². The average molecular weight is 471 g/mol. The number of hydrogen-bond acceptors (Lipinski definition) is 5. The highest BCUT2D eigenvalue weighted by atomic mass is 19.1. The first-order valence-corrected chi connectivity index (χ1v) is 11.6. The molecule has 2 aromatic rings. The number of morpholine rings is 2. The largest absolute Gasteiger partial charge is 0.490 e. The summed E-state index contributed by atoms with van der Waals surface area (Å²) in [7, 11) is 0. The first-order chi connectivity index (χ1) is 16.4. The van der Waals surface area contributed by atoms with Gasteiger partial charge in [-0.15, -0.1) is 0 Å². The van der Waals surface area contributed by atoms with E-state index in [1.54, 1.807) is 9.80 Å². The lowest BCUT2D eigenvalue weighted by atomic mass is 9.96. The van der Waals surface area contributed by atoms with Gasteiger partial charge in [-0.3, -0.25) is 9.59 Å². The zero-order valence-electron chi connectivity index (χ0n) is 19.5. The van der Waals surface area contributed by atoms with Gasteiger partial charge >= 0.3 is 0 Å². The SMILES string of the molecule is Cc1ccccc1CC(=O)N1CCO[C@@](COc2ccc(F)cc2)(CC(=O)N2CCOCC2)C1. The molecule has 0 radical (unpaired) electrons. The number of aryl methyl sites for hydroxylation is 1. The zero-order valence-corrected chi connectivity index (χ0v) is 19.5. The third kappa shape index (κ3) is 6.12. The van der Waals surface area contributed by atoms with Gasteiger partial charge in [0.25, 0.3) is 0 Å².